The summed E-state index contributed by atoms with van der Waals surface area (Å²) in [5.74, 6) is 18.4. The Morgan fingerprint density at radius 1 is 0.242 bits per heavy atom. The highest BCUT2D eigenvalue weighted by Crippen LogP contribution is 2.53. The van der Waals surface area contributed by atoms with Gasteiger partial charge in [-0.15, -0.1) is 6.42 Å². The number of phenols is 3. The molecular weight excluding hydrogens is 1370 g/mol. The van der Waals surface area contributed by atoms with E-state index in [1.165, 1.54) is 51.2 Å². The Labute approximate surface area is 596 Å². The van der Waals surface area contributed by atoms with Crippen molar-refractivity contribution in [1.29, 1.82) is 0 Å². The molecule has 0 unspecified atom stereocenters. The fourth-order valence-corrected chi connectivity index (χ4v) is 28.4. The molecule has 3 nitrogen and oxygen atoms in total. The molecule has 0 fully saturated rings. The number of phenolic OH excluding ortho intramolecular Hbond substituents is 3. The molecule has 2 aliphatic heterocycles. The van der Waals surface area contributed by atoms with Crippen LogP contribution in [-0.4, -0.2) is 31.5 Å². The van der Waals surface area contributed by atoms with Crippen LogP contribution in [0.2, 0.25) is 0 Å². The number of halogens is 2. The average Bonchev–Trinajstić information content (AvgIpc) is 1.55. The van der Waals surface area contributed by atoms with Gasteiger partial charge in [-0.3, -0.25) is 0 Å². The smallest absolute Gasteiger partial charge is 0.199 e. The van der Waals surface area contributed by atoms with Gasteiger partial charge in [0.25, 0.3) is 0 Å². The topological polar surface area (TPSA) is 60.7 Å². The Morgan fingerprint density at radius 3 is 0.788 bits per heavy atom. The summed E-state index contributed by atoms with van der Waals surface area (Å²) in [6.45, 7) is 0. The van der Waals surface area contributed by atoms with Crippen LogP contribution in [0.4, 0.5) is 0 Å². The number of terminal acetylenes is 1. The van der Waals surface area contributed by atoms with E-state index in [4.69, 9.17) is 6.42 Å². The Hall–Kier alpha value is -11.7. The summed E-state index contributed by atoms with van der Waals surface area (Å²) in [5.41, 5.74) is 12.0. The first-order valence-corrected chi connectivity index (χ1v) is 38.1. The number of benzene rings is 14. The van der Waals surface area contributed by atoms with Gasteiger partial charge in [-0.1, -0.05) is 341 Å². The van der Waals surface area contributed by atoms with Crippen LogP contribution < -0.4 is 20.7 Å². The summed E-state index contributed by atoms with van der Waals surface area (Å²) in [4.78, 5) is 0. The minimum absolute atomic E-state index is 0.243. The Balaban J connectivity index is 0.000000157. The van der Waals surface area contributed by atoms with Gasteiger partial charge in [-0.2, -0.15) is 0 Å². The first kappa shape index (κ1) is 64.6. The van der Waals surface area contributed by atoms with E-state index in [2.05, 4.69) is 316 Å². The lowest BCUT2D eigenvalue weighted by Crippen LogP contribution is -2.60. The summed E-state index contributed by atoms with van der Waals surface area (Å²) >= 11 is 8.37. The van der Waals surface area contributed by atoms with Gasteiger partial charge >= 0.3 is 0 Å². The van der Waals surface area contributed by atoms with Crippen LogP contribution in [0.1, 0.15) is 38.9 Å². The summed E-state index contributed by atoms with van der Waals surface area (Å²) in [5, 5.41) is 42.8. The summed E-state index contributed by atoms with van der Waals surface area (Å²) in [7, 11) is -5.71. The van der Waals surface area contributed by atoms with Crippen molar-refractivity contribution < 1.29 is 15.3 Å². The van der Waals surface area contributed by atoms with Gasteiger partial charge in [0.1, 0.15) is 17.2 Å². The highest BCUT2D eigenvalue weighted by atomic mass is 79.9. The molecule has 2 heterocycles. The Bertz CT molecular complexity index is 5350. The number of rotatable bonds is 8. The summed E-state index contributed by atoms with van der Waals surface area (Å²) in [6.07, 6.45) is 5.27. The third-order valence-corrected chi connectivity index (χ3v) is 31.5. The highest BCUT2D eigenvalue weighted by Gasteiger charge is 2.53. The van der Waals surface area contributed by atoms with Gasteiger partial charge in [0, 0.05) is 35.3 Å². The van der Waals surface area contributed by atoms with Gasteiger partial charge in [-0.05, 0) is 170 Å². The predicted molar refractivity (Wildman–Crippen MR) is 426 cm³/mol. The molecule has 0 aliphatic carbocycles. The van der Waals surface area contributed by atoms with Gasteiger partial charge in [0.05, 0.1) is 0 Å². The van der Waals surface area contributed by atoms with Crippen molar-refractivity contribution in [3.05, 3.63) is 409 Å². The molecule has 7 heteroatoms. The van der Waals surface area contributed by atoms with Crippen molar-refractivity contribution in [2.24, 2.45) is 0 Å². The van der Waals surface area contributed by atoms with Gasteiger partial charge < -0.3 is 15.3 Å². The fraction of sp³-hybridized carbons (Fsp3) is 0. The zero-order valence-electron chi connectivity index (χ0n) is 53.7. The van der Waals surface area contributed by atoms with E-state index >= 15 is 0 Å². The Kier molecular flexibility index (Phi) is 18.9. The van der Waals surface area contributed by atoms with Crippen molar-refractivity contribution in [3.63, 3.8) is 0 Å². The maximum atomic E-state index is 10.1. The lowest BCUT2D eigenvalue weighted by molar-refractivity contribution is 0.475. The number of fused-ring (bicyclic) bond motifs is 3. The molecule has 16 rings (SSSR count). The first-order valence-electron chi connectivity index (χ1n) is 32.6. The molecule has 0 bridgehead atoms. The number of hydrogen-bond acceptors (Lipinski definition) is 3. The molecule has 2 aliphatic rings. The van der Waals surface area contributed by atoms with Crippen LogP contribution in [0.5, 0.6) is 17.2 Å². The van der Waals surface area contributed by atoms with Crippen molar-refractivity contribution in [3.8, 4) is 53.3 Å². The second kappa shape index (κ2) is 28.9. The summed E-state index contributed by atoms with van der Waals surface area (Å²) < 4.78 is 2.57. The van der Waals surface area contributed by atoms with Crippen LogP contribution >= 0.6 is 31.9 Å². The second-order valence-corrected chi connectivity index (χ2v) is 34.5. The van der Waals surface area contributed by atoms with Crippen LogP contribution in [-0.2, 0) is 0 Å². The van der Waals surface area contributed by atoms with Crippen LogP contribution in [0.15, 0.2) is 370 Å². The molecule has 3 N–H and O–H groups in total. The van der Waals surface area contributed by atoms with E-state index in [-0.39, 0.29) is 17.2 Å². The summed E-state index contributed by atoms with van der Waals surface area (Å²) in [6, 6.07) is 120. The minimum Gasteiger partial charge on any atom is -0.508 e. The first-order chi connectivity index (χ1) is 48.6. The maximum Gasteiger partial charge on any atom is 0.199 e. The van der Waals surface area contributed by atoms with Crippen LogP contribution in [0, 0.1) is 36.0 Å². The van der Waals surface area contributed by atoms with Crippen LogP contribution in [0.3, 0.4) is 0 Å². The standard InChI is InChI=1S/C52H34O2Si.C28H20Br2Si.C12H8O/c53-45-29-27-41-33-37(21-25-43(41)35-45)23-31-49-51(39-13-5-1-6-14-39)52(40-15-7-2-8-16-40)50(32-24-38-22-26-44-36-46(54)30-28-42(44)34-38)55(49,47-17-9-3-10-18-47)48-19-11-4-12-20-48;29-27-25(21-13-5-1-6-14-21)26(22-15-7-2-8-16-22)28(30)31(27,23-17-9-3-10-18-23)24-19-11-4-12-20-24;1-2-9-3-4-11-8-12(13)6-5-10(11)7-9/h1-22,25-30,33-36,53-54H;1-20H;1,3-8,13H. The molecule has 0 saturated carbocycles. The highest BCUT2D eigenvalue weighted by molar-refractivity contribution is 9.14. The van der Waals surface area contributed by atoms with Gasteiger partial charge in [0.2, 0.25) is 0 Å². The molecule has 0 saturated heterocycles. The molecular formula is C92H62Br2O3Si2. The fourth-order valence-electron chi connectivity index (χ4n) is 13.7. The molecule has 0 amide bonds. The molecule has 0 radical (unpaired) electrons. The third-order valence-electron chi connectivity index (χ3n) is 18.2. The Morgan fingerprint density at radius 2 is 0.485 bits per heavy atom. The normalized spacial score (nSPS) is 13.5. The number of hydrogen-bond donors (Lipinski definition) is 3. The molecule has 0 spiro atoms. The van der Waals surface area contributed by atoms with Crippen LogP contribution in [0.25, 0.3) is 54.6 Å². The minimum atomic E-state index is -3.22. The largest absolute Gasteiger partial charge is 0.508 e. The SMILES string of the molecule is BrC1=C(c2ccccc2)C(c2ccccc2)=C(Br)[Si]1(c1ccccc1)c1ccccc1.C#Cc1ccc2cc(O)ccc2c1.Oc1ccc2cc(C#CC3=C(c4ccccc4)C(c4ccccc4)=C(C#Cc4ccc5cc(O)ccc5c4)[Si]3(c3ccccc3)c3ccccc3)ccc2c1. The van der Waals surface area contributed by atoms with E-state index < -0.39 is 16.1 Å². The lowest BCUT2D eigenvalue weighted by Gasteiger charge is -2.31. The monoisotopic (exact) mass is 1430 g/mol. The molecule has 14 aromatic rings. The quantitative estimate of drug-likeness (QED) is 0.105. The van der Waals surface area contributed by atoms with E-state index in [1.807, 2.05) is 60.7 Å². The zero-order chi connectivity index (χ0) is 67.7. The van der Waals surface area contributed by atoms with Crippen molar-refractivity contribution in [2.75, 3.05) is 0 Å². The molecule has 0 atom stereocenters. The predicted octanol–water partition coefficient (Wildman–Crippen LogP) is 19.6. The van der Waals surface area contributed by atoms with Gasteiger partial charge in [-0.25, -0.2) is 0 Å². The molecule has 0 aromatic heterocycles. The van der Waals surface area contributed by atoms with Crippen molar-refractivity contribution in [1.82, 2.24) is 0 Å². The van der Waals surface area contributed by atoms with Crippen molar-refractivity contribution in [2.45, 2.75) is 0 Å². The van der Waals surface area contributed by atoms with E-state index in [0.29, 0.717) is 0 Å². The van der Waals surface area contributed by atoms with E-state index in [9.17, 15) is 15.3 Å². The molecule has 99 heavy (non-hydrogen) atoms. The number of aromatic hydroxyl groups is 3. The third kappa shape index (κ3) is 12.9. The van der Waals surface area contributed by atoms with E-state index in [0.717, 1.165) is 81.7 Å². The maximum absolute atomic E-state index is 10.1. The zero-order valence-corrected chi connectivity index (χ0v) is 58.8. The molecule has 14 aromatic carbocycles. The second-order valence-electron chi connectivity index (χ2n) is 24.2. The van der Waals surface area contributed by atoms with E-state index in [1.54, 1.807) is 36.4 Å². The average molecular weight is 1430 g/mol. The molecule has 470 valence electrons. The number of allylic oxidation sites excluding steroid dienone is 6. The lowest BCUT2D eigenvalue weighted by atomic mass is 9.91. The van der Waals surface area contributed by atoms with Gasteiger partial charge in [0.15, 0.2) is 16.1 Å². The van der Waals surface area contributed by atoms with Crippen molar-refractivity contribution >= 4 is 123 Å².